The van der Waals surface area contributed by atoms with Gasteiger partial charge in [-0.05, 0) is 30.3 Å². The number of methoxy groups -OCH3 is 1. The summed E-state index contributed by atoms with van der Waals surface area (Å²) in [5, 5.41) is 4.09. The highest BCUT2D eigenvalue weighted by Gasteiger charge is 2.05. The van der Waals surface area contributed by atoms with Crippen molar-refractivity contribution in [3.05, 3.63) is 42.7 Å². The van der Waals surface area contributed by atoms with Crippen LogP contribution in [0.5, 0.6) is 5.75 Å². The Kier molecular flexibility index (Phi) is 2.82. The van der Waals surface area contributed by atoms with Crippen LogP contribution in [0.4, 0.5) is 10.8 Å². The van der Waals surface area contributed by atoms with E-state index in [1.54, 1.807) is 30.8 Å². The first-order chi connectivity index (χ1) is 8.85. The summed E-state index contributed by atoms with van der Waals surface area (Å²) in [6.07, 6.45) is 3.51. The average molecular weight is 257 g/mol. The van der Waals surface area contributed by atoms with Crippen LogP contribution in [0.1, 0.15) is 0 Å². The lowest BCUT2D eigenvalue weighted by molar-refractivity contribution is 0.415. The van der Waals surface area contributed by atoms with E-state index in [-0.39, 0.29) is 0 Å². The van der Waals surface area contributed by atoms with Gasteiger partial charge in [0.1, 0.15) is 5.75 Å². The molecular weight excluding hydrogens is 246 g/mol. The van der Waals surface area contributed by atoms with Crippen molar-refractivity contribution in [3.8, 4) is 5.75 Å². The molecule has 2 aromatic heterocycles. The molecule has 0 fully saturated rings. The van der Waals surface area contributed by atoms with Crippen molar-refractivity contribution in [2.75, 3.05) is 12.4 Å². The Balaban J connectivity index is 1.94. The Morgan fingerprint density at radius 1 is 1.28 bits per heavy atom. The van der Waals surface area contributed by atoms with E-state index in [0.29, 0.717) is 0 Å². The first kappa shape index (κ1) is 11.0. The molecule has 3 aromatic rings. The second kappa shape index (κ2) is 4.62. The summed E-state index contributed by atoms with van der Waals surface area (Å²) in [7, 11) is 1.66. The van der Waals surface area contributed by atoms with Crippen LogP contribution in [-0.2, 0) is 0 Å². The normalized spacial score (nSPS) is 10.5. The van der Waals surface area contributed by atoms with Crippen LogP contribution in [0.2, 0.25) is 0 Å². The predicted octanol–water partition coefficient (Wildman–Crippen LogP) is 3.44. The van der Waals surface area contributed by atoms with Crippen molar-refractivity contribution in [3.63, 3.8) is 0 Å². The molecule has 0 radical (unpaired) electrons. The highest BCUT2D eigenvalue weighted by molar-refractivity contribution is 7.22. The Labute approximate surface area is 108 Å². The Hall–Kier alpha value is -2.14. The smallest absolute Gasteiger partial charge is 0.188 e. The Morgan fingerprint density at radius 3 is 3.00 bits per heavy atom. The van der Waals surface area contributed by atoms with E-state index in [4.69, 9.17) is 4.74 Å². The zero-order valence-electron chi connectivity index (χ0n) is 9.75. The number of nitrogens with one attached hydrogen (secondary N) is 1. The average Bonchev–Trinajstić information content (AvgIpc) is 2.80. The molecule has 18 heavy (non-hydrogen) atoms. The zero-order valence-corrected chi connectivity index (χ0v) is 10.6. The lowest BCUT2D eigenvalue weighted by Crippen LogP contribution is -1.88. The van der Waals surface area contributed by atoms with Gasteiger partial charge in [0.15, 0.2) is 5.13 Å². The minimum atomic E-state index is 0.846. The molecule has 0 aliphatic heterocycles. The van der Waals surface area contributed by atoms with Crippen LogP contribution in [0.3, 0.4) is 0 Å². The largest absolute Gasteiger partial charge is 0.497 e. The lowest BCUT2D eigenvalue weighted by atomic mass is 10.3. The van der Waals surface area contributed by atoms with E-state index in [9.17, 15) is 0 Å². The number of aromatic nitrogens is 2. The summed E-state index contributed by atoms with van der Waals surface area (Å²) in [6.45, 7) is 0. The van der Waals surface area contributed by atoms with Crippen molar-refractivity contribution in [2.45, 2.75) is 0 Å². The van der Waals surface area contributed by atoms with Gasteiger partial charge in [-0.15, -0.1) is 0 Å². The number of hydrogen-bond donors (Lipinski definition) is 1. The molecule has 0 saturated heterocycles. The minimum absolute atomic E-state index is 0.846. The van der Waals surface area contributed by atoms with E-state index in [1.807, 2.05) is 30.3 Å². The van der Waals surface area contributed by atoms with Crippen LogP contribution >= 0.6 is 11.3 Å². The third-order valence-corrected chi connectivity index (χ3v) is 3.44. The molecule has 0 saturated carbocycles. The van der Waals surface area contributed by atoms with Crippen molar-refractivity contribution in [2.24, 2.45) is 0 Å². The van der Waals surface area contributed by atoms with E-state index >= 15 is 0 Å². The maximum absolute atomic E-state index is 5.20. The molecule has 2 heterocycles. The molecule has 90 valence electrons. The minimum Gasteiger partial charge on any atom is -0.497 e. The molecule has 0 unspecified atom stereocenters. The fraction of sp³-hybridized carbons (Fsp3) is 0.0769. The van der Waals surface area contributed by atoms with Gasteiger partial charge in [-0.25, -0.2) is 4.98 Å². The molecule has 0 amide bonds. The maximum atomic E-state index is 5.20. The highest BCUT2D eigenvalue weighted by Crippen LogP contribution is 2.30. The highest BCUT2D eigenvalue weighted by atomic mass is 32.1. The molecule has 3 rings (SSSR count). The summed E-state index contributed by atoms with van der Waals surface area (Å²) in [5.41, 5.74) is 1.90. The van der Waals surface area contributed by atoms with Crippen molar-refractivity contribution >= 4 is 32.4 Å². The quantitative estimate of drug-likeness (QED) is 0.780. The summed E-state index contributed by atoms with van der Waals surface area (Å²) in [5.74, 6) is 0.846. The van der Waals surface area contributed by atoms with Gasteiger partial charge in [-0.2, -0.15) is 0 Å². The molecule has 1 aromatic carbocycles. The number of anilines is 2. The van der Waals surface area contributed by atoms with E-state index < -0.39 is 0 Å². The lowest BCUT2D eigenvalue weighted by Gasteiger charge is -1.99. The van der Waals surface area contributed by atoms with Gasteiger partial charge in [0.25, 0.3) is 0 Å². The molecule has 0 atom stereocenters. The van der Waals surface area contributed by atoms with Crippen molar-refractivity contribution in [1.82, 2.24) is 9.97 Å². The number of thiazole rings is 1. The summed E-state index contributed by atoms with van der Waals surface area (Å²) >= 11 is 1.59. The molecule has 0 spiro atoms. The second-order valence-corrected chi connectivity index (χ2v) is 4.75. The van der Waals surface area contributed by atoms with Crippen molar-refractivity contribution in [1.29, 1.82) is 0 Å². The fourth-order valence-corrected chi connectivity index (χ4v) is 2.56. The zero-order chi connectivity index (χ0) is 12.4. The summed E-state index contributed by atoms with van der Waals surface area (Å²) in [6, 6.07) is 9.70. The monoisotopic (exact) mass is 257 g/mol. The topological polar surface area (TPSA) is 47.0 Å². The molecule has 0 aliphatic carbocycles. The third-order valence-electron chi connectivity index (χ3n) is 2.51. The maximum Gasteiger partial charge on any atom is 0.188 e. The van der Waals surface area contributed by atoms with E-state index in [2.05, 4.69) is 15.3 Å². The second-order valence-electron chi connectivity index (χ2n) is 3.72. The number of pyridine rings is 1. The van der Waals surface area contributed by atoms with Crippen molar-refractivity contribution < 1.29 is 4.74 Å². The van der Waals surface area contributed by atoms with Crippen LogP contribution in [0.15, 0.2) is 42.7 Å². The fourth-order valence-electron chi connectivity index (χ4n) is 1.65. The van der Waals surface area contributed by atoms with Gasteiger partial charge < -0.3 is 10.1 Å². The summed E-state index contributed by atoms with van der Waals surface area (Å²) in [4.78, 5) is 8.56. The molecule has 1 N–H and O–H groups in total. The van der Waals surface area contributed by atoms with Gasteiger partial charge in [-0.3, -0.25) is 4.98 Å². The number of nitrogens with zero attached hydrogens (tertiary/aromatic N) is 2. The van der Waals surface area contributed by atoms with Crippen LogP contribution in [0.25, 0.3) is 10.2 Å². The first-order valence-electron chi connectivity index (χ1n) is 5.47. The number of rotatable bonds is 3. The summed E-state index contributed by atoms with van der Waals surface area (Å²) < 4.78 is 6.30. The molecule has 0 bridgehead atoms. The Morgan fingerprint density at radius 2 is 2.22 bits per heavy atom. The molecule has 0 aliphatic rings. The van der Waals surface area contributed by atoms with Gasteiger partial charge in [0.05, 0.1) is 29.2 Å². The van der Waals surface area contributed by atoms with Gasteiger partial charge in [-0.1, -0.05) is 11.3 Å². The van der Waals surface area contributed by atoms with Crippen LogP contribution in [0, 0.1) is 0 Å². The Bertz CT molecular complexity index is 666. The van der Waals surface area contributed by atoms with Crippen LogP contribution < -0.4 is 10.1 Å². The predicted molar refractivity (Wildman–Crippen MR) is 73.7 cm³/mol. The number of ether oxygens (including phenoxy) is 1. The van der Waals surface area contributed by atoms with Gasteiger partial charge in [0.2, 0.25) is 0 Å². The third kappa shape index (κ3) is 2.12. The first-order valence-corrected chi connectivity index (χ1v) is 6.28. The van der Waals surface area contributed by atoms with E-state index in [1.165, 1.54) is 0 Å². The molecular formula is C13H11N3OS. The molecule has 4 nitrogen and oxygen atoms in total. The number of hydrogen-bond acceptors (Lipinski definition) is 5. The SMILES string of the molecule is COc1ccc2nc(Nc3cccnc3)sc2c1. The van der Waals surface area contributed by atoms with E-state index in [0.717, 1.165) is 26.8 Å². The number of benzene rings is 1. The number of fused-ring (bicyclic) bond motifs is 1. The standard InChI is InChI=1S/C13H11N3OS/c1-17-10-4-5-11-12(7-10)18-13(16-11)15-9-3-2-6-14-8-9/h2-8H,1H3,(H,15,16). The molecule has 5 heteroatoms. The van der Waals surface area contributed by atoms with Crippen LogP contribution in [-0.4, -0.2) is 17.1 Å². The van der Waals surface area contributed by atoms with Gasteiger partial charge >= 0.3 is 0 Å². The van der Waals surface area contributed by atoms with Gasteiger partial charge in [0, 0.05) is 6.20 Å².